The van der Waals surface area contributed by atoms with Crippen molar-refractivity contribution in [2.75, 3.05) is 34.4 Å². The summed E-state index contributed by atoms with van der Waals surface area (Å²) in [6.07, 6.45) is 4.83. The normalized spacial score (nSPS) is 13.8. The highest BCUT2D eigenvalue weighted by atomic mass is 16.5. The molecule has 9 nitrogen and oxygen atoms in total. The maximum atomic E-state index is 12.4. The number of furan rings is 1. The molecule has 0 saturated carbocycles. The second-order valence-corrected chi connectivity index (χ2v) is 8.91. The lowest BCUT2D eigenvalue weighted by Gasteiger charge is -2.23. The smallest absolute Gasteiger partial charge is 0.255 e. The fourth-order valence-corrected chi connectivity index (χ4v) is 4.30. The van der Waals surface area contributed by atoms with Crippen molar-refractivity contribution in [2.24, 2.45) is 0 Å². The third-order valence-electron chi connectivity index (χ3n) is 6.24. The van der Waals surface area contributed by atoms with Gasteiger partial charge in [0.25, 0.3) is 5.91 Å². The standard InChI is InChI=1S/C28H26N4O5/c1-32(2)28(33)19-13-24(34-3)26(31-16-19)25-14-22-27(37-25)21(6-9-30-22)17-4-5-23(18(12-17)15-29)36-20-7-10-35-11-8-20/h4-6,9,12-14,16,20H,7-8,10-11H2,1-3H3. The Labute approximate surface area is 214 Å². The van der Waals surface area contributed by atoms with Gasteiger partial charge in [-0.05, 0) is 29.8 Å². The summed E-state index contributed by atoms with van der Waals surface area (Å²) in [6, 6.07) is 13.0. The molecule has 1 aromatic carbocycles. The molecule has 0 bridgehead atoms. The van der Waals surface area contributed by atoms with E-state index in [1.807, 2.05) is 18.2 Å². The summed E-state index contributed by atoms with van der Waals surface area (Å²) < 4.78 is 23.2. The first-order valence-corrected chi connectivity index (χ1v) is 11.9. The summed E-state index contributed by atoms with van der Waals surface area (Å²) in [4.78, 5) is 22.7. The lowest BCUT2D eigenvalue weighted by Crippen LogP contribution is -2.26. The van der Waals surface area contributed by atoms with Gasteiger partial charge in [0, 0.05) is 51.0 Å². The minimum absolute atomic E-state index is 0.0360. The Morgan fingerprint density at radius 3 is 2.65 bits per heavy atom. The molecule has 0 spiro atoms. The van der Waals surface area contributed by atoms with Crippen molar-refractivity contribution < 1.29 is 23.4 Å². The monoisotopic (exact) mass is 498 g/mol. The average molecular weight is 499 g/mol. The van der Waals surface area contributed by atoms with Gasteiger partial charge in [-0.15, -0.1) is 0 Å². The van der Waals surface area contributed by atoms with E-state index in [-0.39, 0.29) is 12.0 Å². The molecule has 1 amide bonds. The van der Waals surface area contributed by atoms with Crippen molar-refractivity contribution >= 4 is 17.0 Å². The maximum Gasteiger partial charge on any atom is 0.255 e. The van der Waals surface area contributed by atoms with Crippen molar-refractivity contribution in [2.45, 2.75) is 18.9 Å². The van der Waals surface area contributed by atoms with Crippen LogP contribution in [0.3, 0.4) is 0 Å². The Bertz CT molecular complexity index is 1500. The summed E-state index contributed by atoms with van der Waals surface area (Å²) in [7, 11) is 4.87. The molecule has 37 heavy (non-hydrogen) atoms. The molecule has 4 heterocycles. The number of carbonyl (C=O) groups is 1. The van der Waals surface area contributed by atoms with Gasteiger partial charge in [0.1, 0.15) is 34.9 Å². The zero-order valence-electron chi connectivity index (χ0n) is 20.9. The molecule has 1 aliphatic heterocycles. The first kappa shape index (κ1) is 24.3. The van der Waals surface area contributed by atoms with E-state index >= 15 is 0 Å². The summed E-state index contributed by atoms with van der Waals surface area (Å²) in [5, 5.41) is 9.80. The summed E-state index contributed by atoms with van der Waals surface area (Å²) in [5.74, 6) is 1.25. The van der Waals surface area contributed by atoms with E-state index < -0.39 is 0 Å². The number of hydrogen-bond acceptors (Lipinski definition) is 8. The van der Waals surface area contributed by atoms with Crippen LogP contribution in [0.15, 0.2) is 53.2 Å². The van der Waals surface area contributed by atoms with Crippen LogP contribution in [0.4, 0.5) is 0 Å². The first-order valence-electron chi connectivity index (χ1n) is 11.9. The number of pyridine rings is 2. The van der Waals surface area contributed by atoms with E-state index in [9.17, 15) is 10.1 Å². The number of hydrogen-bond donors (Lipinski definition) is 0. The molecule has 5 rings (SSSR count). The first-order chi connectivity index (χ1) is 18.0. The van der Waals surface area contributed by atoms with Crippen LogP contribution in [0.1, 0.15) is 28.8 Å². The van der Waals surface area contributed by atoms with Crippen molar-refractivity contribution in [1.82, 2.24) is 14.9 Å². The van der Waals surface area contributed by atoms with Gasteiger partial charge in [-0.25, -0.2) is 4.98 Å². The second kappa shape index (κ2) is 10.3. The zero-order valence-corrected chi connectivity index (χ0v) is 20.9. The fraction of sp³-hybridized carbons (Fsp3) is 0.286. The van der Waals surface area contributed by atoms with Crippen LogP contribution >= 0.6 is 0 Å². The molecule has 9 heteroatoms. The topological polar surface area (TPSA) is 111 Å². The van der Waals surface area contributed by atoms with Crippen molar-refractivity contribution in [3.05, 3.63) is 59.9 Å². The number of rotatable bonds is 6. The minimum atomic E-state index is -0.177. The highest BCUT2D eigenvalue weighted by molar-refractivity contribution is 5.95. The van der Waals surface area contributed by atoms with Gasteiger partial charge in [0.2, 0.25) is 0 Å². The van der Waals surface area contributed by atoms with Gasteiger partial charge in [-0.1, -0.05) is 6.07 Å². The minimum Gasteiger partial charge on any atom is -0.494 e. The third kappa shape index (κ3) is 4.84. The molecule has 0 aliphatic carbocycles. The highest BCUT2D eigenvalue weighted by Crippen LogP contribution is 2.37. The van der Waals surface area contributed by atoms with Crippen LogP contribution in [0.2, 0.25) is 0 Å². The van der Waals surface area contributed by atoms with E-state index in [2.05, 4.69) is 16.0 Å². The number of fused-ring (bicyclic) bond motifs is 1. The summed E-state index contributed by atoms with van der Waals surface area (Å²) in [5.41, 5.74) is 4.08. The fourth-order valence-electron chi connectivity index (χ4n) is 4.30. The van der Waals surface area contributed by atoms with E-state index in [0.717, 1.165) is 24.0 Å². The molecule has 0 unspecified atom stereocenters. The number of methoxy groups -OCH3 is 1. The second-order valence-electron chi connectivity index (χ2n) is 8.91. The van der Waals surface area contributed by atoms with Crippen LogP contribution in [0.5, 0.6) is 11.5 Å². The van der Waals surface area contributed by atoms with Crippen molar-refractivity contribution in [3.63, 3.8) is 0 Å². The average Bonchev–Trinajstić information content (AvgIpc) is 3.37. The Morgan fingerprint density at radius 2 is 1.92 bits per heavy atom. The van der Waals surface area contributed by atoms with Gasteiger partial charge < -0.3 is 23.5 Å². The molecule has 1 fully saturated rings. The molecule has 0 N–H and O–H groups in total. The van der Waals surface area contributed by atoms with Crippen molar-refractivity contribution in [3.8, 4) is 40.1 Å². The predicted octanol–water partition coefficient (Wildman–Crippen LogP) is 4.70. The Hall–Kier alpha value is -4.42. The van der Waals surface area contributed by atoms with Gasteiger partial charge in [0.15, 0.2) is 11.3 Å². The van der Waals surface area contributed by atoms with Gasteiger partial charge in [0.05, 0.1) is 31.5 Å². The summed E-state index contributed by atoms with van der Waals surface area (Å²) in [6.45, 7) is 1.32. The van der Waals surface area contributed by atoms with Crippen LogP contribution in [-0.4, -0.2) is 61.3 Å². The molecule has 1 aliphatic rings. The van der Waals surface area contributed by atoms with Gasteiger partial charge in [-0.3, -0.25) is 9.78 Å². The Balaban J connectivity index is 1.51. The van der Waals surface area contributed by atoms with Crippen LogP contribution < -0.4 is 9.47 Å². The predicted molar refractivity (Wildman–Crippen MR) is 136 cm³/mol. The molecule has 1 saturated heterocycles. The molecule has 4 aromatic rings. The molecule has 3 aromatic heterocycles. The molecule has 188 valence electrons. The molecule has 0 radical (unpaired) electrons. The highest BCUT2D eigenvalue weighted by Gasteiger charge is 2.21. The van der Waals surface area contributed by atoms with Crippen LogP contribution in [0, 0.1) is 11.3 Å². The number of nitriles is 1. The number of ether oxygens (including phenoxy) is 3. The van der Waals surface area contributed by atoms with E-state index in [1.165, 1.54) is 18.2 Å². The number of benzene rings is 1. The number of amides is 1. The number of carbonyl (C=O) groups excluding carboxylic acids is 1. The lowest BCUT2D eigenvalue weighted by atomic mass is 10.0. The Morgan fingerprint density at radius 1 is 1.11 bits per heavy atom. The summed E-state index contributed by atoms with van der Waals surface area (Å²) >= 11 is 0. The van der Waals surface area contributed by atoms with Gasteiger partial charge >= 0.3 is 0 Å². The zero-order chi connectivity index (χ0) is 25.9. The quantitative estimate of drug-likeness (QED) is 0.376. The van der Waals surface area contributed by atoms with E-state index in [0.29, 0.717) is 58.4 Å². The van der Waals surface area contributed by atoms with Crippen LogP contribution in [0.25, 0.3) is 33.7 Å². The molecular weight excluding hydrogens is 472 g/mol. The SMILES string of the molecule is COc1cc(C(=O)N(C)C)cnc1-c1cc2nccc(-c3ccc(OC4CCOCC4)c(C#N)c3)c2o1. The van der Waals surface area contributed by atoms with E-state index in [4.69, 9.17) is 18.6 Å². The maximum absolute atomic E-state index is 12.4. The number of nitrogens with zero attached hydrogens (tertiary/aromatic N) is 4. The molecular formula is C28H26N4O5. The van der Waals surface area contributed by atoms with E-state index in [1.54, 1.807) is 38.5 Å². The Kier molecular flexibility index (Phi) is 6.75. The molecule has 0 atom stereocenters. The lowest BCUT2D eigenvalue weighted by molar-refractivity contribution is 0.0254. The van der Waals surface area contributed by atoms with Gasteiger partial charge in [-0.2, -0.15) is 5.26 Å². The van der Waals surface area contributed by atoms with Crippen molar-refractivity contribution in [1.29, 1.82) is 5.26 Å². The van der Waals surface area contributed by atoms with Crippen LogP contribution in [-0.2, 0) is 4.74 Å². The number of aromatic nitrogens is 2. The largest absolute Gasteiger partial charge is 0.494 e. The third-order valence-corrected chi connectivity index (χ3v) is 6.24.